The van der Waals surface area contributed by atoms with E-state index in [1.165, 1.54) is 16.7 Å². The van der Waals surface area contributed by atoms with Gasteiger partial charge in [0.1, 0.15) is 6.54 Å². The molecule has 6 nitrogen and oxygen atoms in total. The molecule has 1 amide bonds. The quantitative estimate of drug-likeness (QED) is 0.695. The van der Waals surface area contributed by atoms with Gasteiger partial charge in [-0.05, 0) is 34.5 Å². The van der Waals surface area contributed by atoms with Crippen molar-refractivity contribution in [3.8, 4) is 0 Å². The van der Waals surface area contributed by atoms with E-state index in [1.54, 1.807) is 6.92 Å². The average molecular weight is 456 g/mol. The van der Waals surface area contributed by atoms with E-state index in [9.17, 15) is 14.7 Å². The Hall–Kier alpha value is -1.28. The molecule has 0 saturated carbocycles. The lowest BCUT2D eigenvalue weighted by Crippen LogP contribution is -2.22. The van der Waals surface area contributed by atoms with Crippen LogP contribution in [0, 0.1) is 0 Å². The molecular weight excluding hydrogens is 444 g/mol. The van der Waals surface area contributed by atoms with E-state index in [-0.39, 0.29) is 32.7 Å². The molecule has 0 atom stereocenters. The van der Waals surface area contributed by atoms with Crippen LogP contribution in [0.3, 0.4) is 0 Å². The topological polar surface area (TPSA) is 84.2 Å². The summed E-state index contributed by atoms with van der Waals surface area (Å²) in [7, 11) is 0. The van der Waals surface area contributed by atoms with Gasteiger partial charge in [-0.2, -0.15) is 0 Å². The van der Waals surface area contributed by atoms with Crippen LogP contribution in [0.25, 0.3) is 0 Å². The number of aryl methyl sites for hydroxylation is 1. The third-order valence-corrected chi connectivity index (χ3v) is 4.52. The monoisotopic (exact) mass is 453 g/mol. The van der Waals surface area contributed by atoms with Gasteiger partial charge in [0, 0.05) is 5.02 Å². The summed E-state index contributed by atoms with van der Waals surface area (Å²) in [5, 5.41) is 12.6. The summed E-state index contributed by atoms with van der Waals surface area (Å²) in [6.45, 7) is 1.50. The molecule has 128 valence electrons. The van der Waals surface area contributed by atoms with E-state index >= 15 is 0 Å². The molecule has 0 fully saturated rings. The molecule has 0 aliphatic rings. The van der Waals surface area contributed by atoms with E-state index in [0.29, 0.717) is 17.1 Å². The van der Waals surface area contributed by atoms with E-state index in [2.05, 4.69) is 26.2 Å². The minimum atomic E-state index is -1.17. The normalized spacial score (nSPS) is 10.7. The first-order valence-electron chi connectivity index (χ1n) is 6.67. The van der Waals surface area contributed by atoms with Crippen LogP contribution in [0.5, 0.6) is 0 Å². The highest BCUT2D eigenvalue weighted by molar-refractivity contribution is 9.10. The number of benzene rings is 1. The van der Waals surface area contributed by atoms with E-state index in [1.807, 2.05) is 0 Å². The number of nitrogens with zero attached hydrogens (tertiary/aromatic N) is 2. The Morgan fingerprint density at radius 2 is 1.88 bits per heavy atom. The van der Waals surface area contributed by atoms with Crippen LogP contribution in [0.15, 0.2) is 16.9 Å². The molecule has 2 aromatic rings. The van der Waals surface area contributed by atoms with Gasteiger partial charge in [0.15, 0.2) is 10.4 Å². The van der Waals surface area contributed by atoms with Crippen LogP contribution in [0.2, 0.25) is 15.1 Å². The van der Waals surface area contributed by atoms with Crippen LogP contribution in [-0.2, 0) is 17.8 Å². The Morgan fingerprint density at radius 3 is 2.38 bits per heavy atom. The van der Waals surface area contributed by atoms with Crippen molar-refractivity contribution in [3.05, 3.63) is 43.3 Å². The number of carbonyl (C=O) groups excluding carboxylic acids is 1. The summed E-state index contributed by atoms with van der Waals surface area (Å²) in [6.07, 6.45) is 0.420. The number of aromatic carboxylic acids is 1. The van der Waals surface area contributed by atoms with E-state index in [0.717, 1.165) is 0 Å². The molecule has 0 aliphatic carbocycles. The third-order valence-electron chi connectivity index (χ3n) is 3.10. The molecule has 10 heteroatoms. The van der Waals surface area contributed by atoms with Crippen molar-refractivity contribution in [2.75, 3.05) is 5.32 Å². The largest absolute Gasteiger partial charge is 0.477 e. The molecule has 1 heterocycles. The summed E-state index contributed by atoms with van der Waals surface area (Å²) >= 11 is 21.0. The van der Waals surface area contributed by atoms with Crippen molar-refractivity contribution in [3.63, 3.8) is 0 Å². The van der Waals surface area contributed by atoms with Gasteiger partial charge in [-0.25, -0.2) is 9.78 Å². The number of amides is 1. The number of imidazole rings is 1. The number of anilines is 1. The summed E-state index contributed by atoms with van der Waals surface area (Å²) in [5.74, 6) is -1.68. The Bertz CT molecular complexity index is 800. The Balaban J connectivity index is 2.29. The lowest BCUT2D eigenvalue weighted by Gasteiger charge is -2.11. The number of hydrogen-bond acceptors (Lipinski definition) is 3. The third kappa shape index (κ3) is 4.03. The lowest BCUT2D eigenvalue weighted by atomic mass is 10.2. The number of rotatable bonds is 5. The second-order valence-electron chi connectivity index (χ2n) is 4.71. The molecule has 0 saturated heterocycles. The molecule has 0 aliphatic heterocycles. The van der Waals surface area contributed by atoms with Gasteiger partial charge in [0.25, 0.3) is 0 Å². The fraction of sp³-hybridized carbons (Fsp3) is 0.214. The minimum Gasteiger partial charge on any atom is -0.477 e. The number of carbonyl (C=O) groups is 2. The average Bonchev–Trinajstić information content (AvgIpc) is 2.79. The molecule has 1 aromatic heterocycles. The van der Waals surface area contributed by atoms with Crippen LogP contribution in [0.1, 0.15) is 23.1 Å². The van der Waals surface area contributed by atoms with Crippen molar-refractivity contribution in [2.45, 2.75) is 19.9 Å². The Labute approximate surface area is 160 Å². The predicted molar refractivity (Wildman–Crippen MR) is 96.4 cm³/mol. The van der Waals surface area contributed by atoms with Crippen molar-refractivity contribution in [2.24, 2.45) is 0 Å². The molecule has 1 aromatic carbocycles. The first kappa shape index (κ1) is 19.1. The van der Waals surface area contributed by atoms with Gasteiger partial charge < -0.3 is 15.0 Å². The standard InChI is InChI=1S/C14H11BrCl3N3O3/c1-2-9-12(13(23)24)21(14(15)19-9)5-10(22)20-11-7(17)3-6(16)4-8(11)18/h3-4H,2,5H2,1H3,(H,20,22)(H,23,24). The zero-order valence-corrected chi connectivity index (χ0v) is 16.1. The highest BCUT2D eigenvalue weighted by Crippen LogP contribution is 2.33. The fourth-order valence-electron chi connectivity index (χ4n) is 2.09. The predicted octanol–water partition coefficient (Wildman–Crippen LogP) is 4.51. The molecular formula is C14H11BrCl3N3O3. The lowest BCUT2D eigenvalue weighted by molar-refractivity contribution is -0.116. The molecule has 24 heavy (non-hydrogen) atoms. The summed E-state index contributed by atoms with van der Waals surface area (Å²) in [5.41, 5.74) is 0.536. The van der Waals surface area contributed by atoms with E-state index in [4.69, 9.17) is 34.8 Å². The number of hydrogen-bond donors (Lipinski definition) is 2. The summed E-state index contributed by atoms with van der Waals surface area (Å²) < 4.78 is 1.51. The number of nitrogens with one attached hydrogen (secondary N) is 1. The van der Waals surface area contributed by atoms with Crippen molar-refractivity contribution >= 4 is 68.3 Å². The molecule has 0 radical (unpaired) electrons. The Morgan fingerprint density at radius 1 is 1.29 bits per heavy atom. The molecule has 2 rings (SSSR count). The second kappa shape index (κ2) is 7.74. The maximum absolute atomic E-state index is 12.3. The number of carboxylic acids is 1. The van der Waals surface area contributed by atoms with E-state index < -0.39 is 11.9 Å². The molecule has 0 unspecified atom stereocenters. The summed E-state index contributed by atoms with van der Waals surface area (Å²) in [4.78, 5) is 27.8. The number of carboxylic acid groups (broad SMARTS) is 1. The first-order chi connectivity index (χ1) is 11.2. The zero-order chi connectivity index (χ0) is 18.0. The summed E-state index contributed by atoms with van der Waals surface area (Å²) in [6, 6.07) is 2.88. The van der Waals surface area contributed by atoms with Crippen LogP contribution in [0.4, 0.5) is 5.69 Å². The Kier molecular flexibility index (Phi) is 6.14. The first-order valence-corrected chi connectivity index (χ1v) is 8.59. The van der Waals surface area contributed by atoms with Gasteiger partial charge >= 0.3 is 5.97 Å². The van der Waals surface area contributed by atoms with Crippen LogP contribution in [-0.4, -0.2) is 26.5 Å². The minimum absolute atomic E-state index is 0.0483. The second-order valence-corrected chi connectivity index (χ2v) is 6.67. The maximum Gasteiger partial charge on any atom is 0.354 e. The van der Waals surface area contributed by atoms with Gasteiger partial charge in [-0.1, -0.05) is 41.7 Å². The molecule has 2 N–H and O–H groups in total. The van der Waals surface area contributed by atoms with Gasteiger partial charge in [0.05, 0.1) is 21.4 Å². The maximum atomic E-state index is 12.3. The highest BCUT2D eigenvalue weighted by Gasteiger charge is 2.22. The van der Waals surface area contributed by atoms with Gasteiger partial charge in [-0.15, -0.1) is 0 Å². The zero-order valence-electron chi connectivity index (χ0n) is 12.2. The number of aromatic nitrogens is 2. The highest BCUT2D eigenvalue weighted by atomic mass is 79.9. The smallest absolute Gasteiger partial charge is 0.354 e. The fourth-order valence-corrected chi connectivity index (χ4v) is 3.51. The molecule has 0 spiro atoms. The van der Waals surface area contributed by atoms with Gasteiger partial charge in [-0.3, -0.25) is 4.79 Å². The van der Waals surface area contributed by atoms with Crippen molar-refractivity contribution < 1.29 is 14.7 Å². The van der Waals surface area contributed by atoms with Crippen molar-refractivity contribution in [1.82, 2.24) is 9.55 Å². The number of halogens is 4. The molecule has 0 bridgehead atoms. The van der Waals surface area contributed by atoms with Crippen LogP contribution < -0.4 is 5.32 Å². The SMILES string of the molecule is CCc1nc(Br)n(CC(=O)Nc2c(Cl)cc(Cl)cc2Cl)c1C(=O)O. The van der Waals surface area contributed by atoms with Gasteiger partial charge in [0.2, 0.25) is 5.91 Å². The van der Waals surface area contributed by atoms with Crippen LogP contribution >= 0.6 is 50.7 Å². The van der Waals surface area contributed by atoms with Crippen molar-refractivity contribution in [1.29, 1.82) is 0 Å².